The first-order valence-electron chi connectivity index (χ1n) is 6.44. The zero-order chi connectivity index (χ0) is 16.0. The standard InChI is InChI=1S/C16H12N2O4/c1-7(2)8-3-4-9-12(5-8)22-15-10(13(9)19)6-11(16(20)21)14(17)18-15/h3-6H,1H2,2H3,(H2,17,18)(H,20,21). The van der Waals surface area contributed by atoms with Crippen molar-refractivity contribution in [3.05, 3.63) is 52.2 Å². The summed E-state index contributed by atoms with van der Waals surface area (Å²) in [6, 6.07) is 6.27. The summed E-state index contributed by atoms with van der Waals surface area (Å²) >= 11 is 0. The molecule has 3 N–H and O–H groups in total. The Hall–Kier alpha value is -3.15. The van der Waals surface area contributed by atoms with Crippen molar-refractivity contribution in [2.75, 3.05) is 5.73 Å². The number of allylic oxidation sites excluding steroid dienone is 1. The van der Waals surface area contributed by atoms with Gasteiger partial charge >= 0.3 is 5.97 Å². The lowest BCUT2D eigenvalue weighted by Gasteiger charge is -2.06. The number of aromatic carboxylic acids is 1. The molecule has 0 amide bonds. The summed E-state index contributed by atoms with van der Waals surface area (Å²) in [5.74, 6) is -1.44. The molecule has 0 aliphatic carbocycles. The predicted octanol–water partition coefficient (Wildman–Crippen LogP) is 2.65. The van der Waals surface area contributed by atoms with Crippen molar-refractivity contribution in [2.24, 2.45) is 0 Å². The Morgan fingerprint density at radius 3 is 2.68 bits per heavy atom. The fraction of sp³-hybridized carbons (Fsp3) is 0.0625. The summed E-state index contributed by atoms with van der Waals surface area (Å²) in [4.78, 5) is 27.5. The molecule has 0 bridgehead atoms. The number of carboxylic acids is 1. The van der Waals surface area contributed by atoms with E-state index in [2.05, 4.69) is 11.6 Å². The summed E-state index contributed by atoms with van der Waals surface area (Å²) in [6.07, 6.45) is 0. The molecule has 3 aromatic rings. The number of nitrogen functional groups attached to an aromatic ring is 1. The van der Waals surface area contributed by atoms with Crippen molar-refractivity contribution < 1.29 is 14.3 Å². The van der Waals surface area contributed by atoms with E-state index in [4.69, 9.17) is 15.3 Å². The number of carbonyl (C=O) groups is 1. The van der Waals surface area contributed by atoms with Crippen LogP contribution in [0.4, 0.5) is 5.82 Å². The van der Waals surface area contributed by atoms with Crippen molar-refractivity contribution in [1.29, 1.82) is 0 Å². The molecule has 0 spiro atoms. The molecular formula is C16H12N2O4. The third-order valence-corrected chi connectivity index (χ3v) is 3.42. The molecule has 0 radical (unpaired) electrons. The molecule has 0 saturated heterocycles. The Morgan fingerprint density at radius 2 is 2.05 bits per heavy atom. The maximum atomic E-state index is 12.5. The van der Waals surface area contributed by atoms with Gasteiger partial charge in [-0.05, 0) is 30.7 Å². The Kier molecular flexibility index (Phi) is 2.95. The summed E-state index contributed by atoms with van der Waals surface area (Å²) in [7, 11) is 0. The molecule has 0 aliphatic rings. The van der Waals surface area contributed by atoms with Crippen molar-refractivity contribution in [3.63, 3.8) is 0 Å². The predicted molar refractivity (Wildman–Crippen MR) is 83.9 cm³/mol. The molecule has 3 rings (SSSR count). The second kappa shape index (κ2) is 4.70. The Balaban J connectivity index is 2.43. The van der Waals surface area contributed by atoms with Gasteiger partial charge in [0.2, 0.25) is 11.1 Å². The van der Waals surface area contributed by atoms with E-state index in [0.717, 1.165) is 11.1 Å². The smallest absolute Gasteiger partial charge is 0.339 e. The molecule has 0 atom stereocenters. The van der Waals surface area contributed by atoms with Crippen molar-refractivity contribution in [3.8, 4) is 0 Å². The quantitative estimate of drug-likeness (QED) is 0.704. The van der Waals surface area contributed by atoms with Gasteiger partial charge in [-0.15, -0.1) is 0 Å². The maximum Gasteiger partial charge on any atom is 0.339 e. The normalized spacial score (nSPS) is 11.0. The Morgan fingerprint density at radius 1 is 1.32 bits per heavy atom. The first kappa shape index (κ1) is 13.8. The van der Waals surface area contributed by atoms with Crippen molar-refractivity contribution in [2.45, 2.75) is 6.92 Å². The summed E-state index contributed by atoms with van der Waals surface area (Å²) < 4.78 is 5.61. The van der Waals surface area contributed by atoms with Crippen LogP contribution in [-0.4, -0.2) is 16.1 Å². The lowest BCUT2D eigenvalue weighted by molar-refractivity contribution is 0.0698. The van der Waals surface area contributed by atoms with Gasteiger partial charge in [0.15, 0.2) is 0 Å². The monoisotopic (exact) mass is 296 g/mol. The van der Waals surface area contributed by atoms with Gasteiger partial charge in [0.25, 0.3) is 0 Å². The van der Waals surface area contributed by atoms with Gasteiger partial charge < -0.3 is 15.3 Å². The van der Waals surface area contributed by atoms with Gasteiger partial charge in [0.05, 0.1) is 10.8 Å². The molecule has 6 nitrogen and oxygen atoms in total. The van der Waals surface area contributed by atoms with E-state index < -0.39 is 5.97 Å². The highest BCUT2D eigenvalue weighted by Gasteiger charge is 2.16. The highest BCUT2D eigenvalue weighted by atomic mass is 16.4. The Labute approximate surface area is 124 Å². The largest absolute Gasteiger partial charge is 0.478 e. The number of fused-ring (bicyclic) bond motifs is 2. The van der Waals surface area contributed by atoms with Crippen LogP contribution >= 0.6 is 0 Å². The first-order chi connectivity index (χ1) is 10.4. The molecular weight excluding hydrogens is 284 g/mol. The molecule has 110 valence electrons. The van der Waals surface area contributed by atoms with Gasteiger partial charge in [0, 0.05) is 0 Å². The van der Waals surface area contributed by atoms with Gasteiger partial charge in [-0.1, -0.05) is 18.2 Å². The fourth-order valence-electron chi connectivity index (χ4n) is 2.23. The fourth-order valence-corrected chi connectivity index (χ4v) is 2.23. The third kappa shape index (κ3) is 2.01. The van der Waals surface area contributed by atoms with E-state index in [1.165, 1.54) is 6.07 Å². The van der Waals surface area contributed by atoms with Gasteiger partial charge in [-0.2, -0.15) is 4.98 Å². The van der Waals surface area contributed by atoms with Crippen LogP contribution in [0.15, 0.2) is 40.1 Å². The average Bonchev–Trinajstić information content (AvgIpc) is 2.45. The van der Waals surface area contributed by atoms with E-state index in [1.807, 2.05) is 6.92 Å². The number of hydrogen-bond acceptors (Lipinski definition) is 5. The lowest BCUT2D eigenvalue weighted by atomic mass is 10.1. The lowest BCUT2D eigenvalue weighted by Crippen LogP contribution is -2.09. The van der Waals surface area contributed by atoms with E-state index in [9.17, 15) is 9.59 Å². The van der Waals surface area contributed by atoms with E-state index in [-0.39, 0.29) is 27.9 Å². The number of carboxylic acid groups (broad SMARTS) is 1. The summed E-state index contributed by atoms with van der Waals surface area (Å²) in [5, 5.41) is 9.50. The van der Waals surface area contributed by atoms with Crippen LogP contribution < -0.4 is 11.2 Å². The average molecular weight is 296 g/mol. The number of nitrogens with two attached hydrogens (primary N) is 1. The molecule has 0 aliphatic heterocycles. The van der Waals surface area contributed by atoms with E-state index in [0.29, 0.717) is 11.0 Å². The van der Waals surface area contributed by atoms with Gasteiger partial charge in [-0.3, -0.25) is 4.79 Å². The number of benzene rings is 1. The zero-order valence-corrected chi connectivity index (χ0v) is 11.7. The minimum Gasteiger partial charge on any atom is -0.478 e. The van der Waals surface area contributed by atoms with Crippen molar-refractivity contribution >= 4 is 39.4 Å². The summed E-state index contributed by atoms with van der Waals surface area (Å²) in [5.41, 5.74) is 7.06. The minimum atomic E-state index is -1.25. The number of pyridine rings is 1. The van der Waals surface area contributed by atoms with E-state index in [1.54, 1.807) is 18.2 Å². The van der Waals surface area contributed by atoms with Crippen LogP contribution in [0.3, 0.4) is 0 Å². The van der Waals surface area contributed by atoms with Crippen LogP contribution in [-0.2, 0) is 0 Å². The second-order valence-corrected chi connectivity index (χ2v) is 5.00. The maximum absolute atomic E-state index is 12.5. The first-order valence-corrected chi connectivity index (χ1v) is 6.44. The molecule has 0 fully saturated rings. The molecule has 6 heteroatoms. The third-order valence-electron chi connectivity index (χ3n) is 3.42. The van der Waals surface area contributed by atoms with Crippen LogP contribution in [0.25, 0.3) is 27.6 Å². The Bertz CT molecular complexity index is 1020. The van der Waals surface area contributed by atoms with E-state index >= 15 is 0 Å². The number of nitrogens with zero attached hydrogens (tertiary/aromatic N) is 1. The minimum absolute atomic E-state index is 0.0128. The van der Waals surface area contributed by atoms with Crippen LogP contribution in [0, 0.1) is 0 Å². The number of aromatic nitrogens is 1. The van der Waals surface area contributed by atoms with Gasteiger partial charge in [0.1, 0.15) is 17.0 Å². The summed E-state index contributed by atoms with van der Waals surface area (Å²) in [6.45, 7) is 5.68. The number of anilines is 1. The number of rotatable bonds is 2. The SMILES string of the molecule is C=C(C)c1ccc2c(=O)c3cc(C(=O)O)c(N)nc3oc2c1. The molecule has 0 saturated carbocycles. The molecule has 2 heterocycles. The zero-order valence-electron chi connectivity index (χ0n) is 11.7. The topological polar surface area (TPSA) is 106 Å². The van der Waals surface area contributed by atoms with Gasteiger partial charge in [-0.25, -0.2) is 4.79 Å². The van der Waals surface area contributed by atoms with Crippen LogP contribution in [0.2, 0.25) is 0 Å². The highest BCUT2D eigenvalue weighted by molar-refractivity contribution is 5.98. The molecule has 0 unspecified atom stereocenters. The van der Waals surface area contributed by atoms with Crippen LogP contribution in [0.5, 0.6) is 0 Å². The second-order valence-electron chi connectivity index (χ2n) is 5.00. The van der Waals surface area contributed by atoms with Crippen LogP contribution in [0.1, 0.15) is 22.8 Å². The highest BCUT2D eigenvalue weighted by Crippen LogP contribution is 2.23. The molecule has 2 aromatic heterocycles. The number of hydrogen-bond donors (Lipinski definition) is 2. The molecule has 22 heavy (non-hydrogen) atoms. The van der Waals surface area contributed by atoms with Crippen molar-refractivity contribution in [1.82, 2.24) is 4.98 Å². The molecule has 1 aromatic carbocycles.